The van der Waals surface area contributed by atoms with Crippen LogP contribution in [0.5, 0.6) is 0 Å². The van der Waals surface area contributed by atoms with Crippen molar-refractivity contribution >= 4 is 17.0 Å². The molecule has 0 atom stereocenters. The highest BCUT2D eigenvalue weighted by Crippen LogP contribution is 2.21. The number of morpholine rings is 1. The molecule has 1 aliphatic rings. The Morgan fingerprint density at radius 2 is 1.77 bits per heavy atom. The van der Waals surface area contributed by atoms with E-state index in [9.17, 15) is 0 Å². The average molecular weight is 366 g/mol. The van der Waals surface area contributed by atoms with Crippen LogP contribution in [0.1, 0.15) is 10.6 Å². The summed E-state index contributed by atoms with van der Waals surface area (Å²) in [5.41, 5.74) is 4.69. The minimum atomic E-state index is 0.779. The lowest BCUT2D eigenvalue weighted by molar-refractivity contribution is 0.122. The molecule has 6 heteroatoms. The topological polar surface area (TPSA) is 50.3 Å². The van der Waals surface area contributed by atoms with Crippen LogP contribution in [0, 0.1) is 0 Å². The van der Waals surface area contributed by atoms with Gasteiger partial charge in [-0.15, -0.1) is 11.3 Å². The summed E-state index contributed by atoms with van der Waals surface area (Å²) in [6, 6.07) is 12.8. The molecule has 2 aromatic heterocycles. The maximum Gasteiger partial charge on any atom is 0.107 e. The van der Waals surface area contributed by atoms with Crippen molar-refractivity contribution in [3.8, 4) is 11.3 Å². The molecule has 0 spiro atoms. The SMILES string of the molecule is c1cc(-c2csc(CNCc3ccc(N4CCOCC4)cc3)n2)ccn1. The Kier molecular flexibility index (Phi) is 5.54. The zero-order chi connectivity index (χ0) is 17.6. The third kappa shape index (κ3) is 4.27. The first-order valence-electron chi connectivity index (χ1n) is 8.86. The number of thiazole rings is 1. The highest BCUT2D eigenvalue weighted by atomic mass is 32.1. The van der Waals surface area contributed by atoms with Crippen molar-refractivity contribution in [1.82, 2.24) is 15.3 Å². The summed E-state index contributed by atoms with van der Waals surface area (Å²) in [6.45, 7) is 5.20. The molecular formula is C20H22N4OS. The number of hydrogen-bond acceptors (Lipinski definition) is 6. The fraction of sp³-hybridized carbons (Fsp3) is 0.300. The fourth-order valence-electron chi connectivity index (χ4n) is 3.01. The zero-order valence-electron chi connectivity index (χ0n) is 14.6. The van der Waals surface area contributed by atoms with E-state index in [1.54, 1.807) is 23.7 Å². The third-order valence-corrected chi connectivity index (χ3v) is 5.29. The van der Waals surface area contributed by atoms with Gasteiger partial charge in [-0.25, -0.2) is 4.98 Å². The van der Waals surface area contributed by atoms with E-state index < -0.39 is 0 Å². The van der Waals surface area contributed by atoms with Gasteiger partial charge in [-0.3, -0.25) is 4.98 Å². The Labute approximate surface area is 157 Å². The molecule has 0 radical (unpaired) electrons. The number of aromatic nitrogens is 2. The number of ether oxygens (including phenoxy) is 1. The predicted octanol–water partition coefficient (Wildman–Crippen LogP) is 3.33. The van der Waals surface area contributed by atoms with Gasteiger partial charge in [-0.1, -0.05) is 12.1 Å². The first kappa shape index (κ1) is 17.1. The molecule has 1 saturated heterocycles. The van der Waals surface area contributed by atoms with Crippen molar-refractivity contribution in [2.75, 3.05) is 31.2 Å². The molecule has 26 heavy (non-hydrogen) atoms. The van der Waals surface area contributed by atoms with E-state index >= 15 is 0 Å². The van der Waals surface area contributed by atoms with Crippen LogP contribution in [0.2, 0.25) is 0 Å². The summed E-state index contributed by atoms with van der Waals surface area (Å²) in [7, 11) is 0. The molecule has 134 valence electrons. The molecule has 5 nitrogen and oxygen atoms in total. The molecule has 1 aliphatic heterocycles. The van der Waals surface area contributed by atoms with Crippen molar-refractivity contribution < 1.29 is 4.74 Å². The van der Waals surface area contributed by atoms with E-state index in [1.165, 1.54) is 11.3 Å². The summed E-state index contributed by atoms with van der Waals surface area (Å²) in [4.78, 5) is 11.1. The van der Waals surface area contributed by atoms with Crippen LogP contribution in [-0.2, 0) is 17.8 Å². The minimum absolute atomic E-state index is 0.779. The van der Waals surface area contributed by atoms with Crippen LogP contribution in [-0.4, -0.2) is 36.3 Å². The van der Waals surface area contributed by atoms with Gasteiger partial charge in [-0.2, -0.15) is 0 Å². The first-order chi connectivity index (χ1) is 12.9. The predicted molar refractivity (Wildman–Crippen MR) is 105 cm³/mol. The monoisotopic (exact) mass is 366 g/mol. The lowest BCUT2D eigenvalue weighted by Gasteiger charge is -2.28. The van der Waals surface area contributed by atoms with Gasteiger partial charge in [0, 0.05) is 55.2 Å². The van der Waals surface area contributed by atoms with Gasteiger partial charge >= 0.3 is 0 Å². The molecule has 0 amide bonds. The van der Waals surface area contributed by atoms with E-state index in [0.29, 0.717) is 0 Å². The van der Waals surface area contributed by atoms with Crippen LogP contribution >= 0.6 is 11.3 Å². The van der Waals surface area contributed by atoms with E-state index in [-0.39, 0.29) is 0 Å². The summed E-state index contributed by atoms with van der Waals surface area (Å²) < 4.78 is 5.41. The standard InChI is InChI=1S/C20H22N4OS/c1-3-18(24-9-11-25-12-10-24)4-2-16(1)13-22-14-20-23-19(15-26-20)17-5-7-21-8-6-17/h1-8,15,22H,9-14H2. The van der Waals surface area contributed by atoms with Crippen LogP contribution in [0.3, 0.4) is 0 Å². The second-order valence-electron chi connectivity index (χ2n) is 6.23. The maximum atomic E-state index is 5.41. The second kappa shape index (κ2) is 8.40. The van der Waals surface area contributed by atoms with E-state index in [0.717, 1.165) is 55.7 Å². The first-order valence-corrected chi connectivity index (χ1v) is 9.73. The van der Waals surface area contributed by atoms with Gasteiger partial charge in [0.15, 0.2) is 0 Å². The van der Waals surface area contributed by atoms with Gasteiger partial charge in [0.1, 0.15) is 5.01 Å². The van der Waals surface area contributed by atoms with Crippen molar-refractivity contribution in [2.24, 2.45) is 0 Å². The van der Waals surface area contributed by atoms with Crippen LogP contribution < -0.4 is 10.2 Å². The Balaban J connectivity index is 1.29. The van der Waals surface area contributed by atoms with Gasteiger partial charge < -0.3 is 15.0 Å². The lowest BCUT2D eigenvalue weighted by Crippen LogP contribution is -2.36. The molecule has 0 unspecified atom stereocenters. The normalized spacial score (nSPS) is 14.5. The molecule has 3 aromatic rings. The summed E-state index contributed by atoms with van der Waals surface area (Å²) >= 11 is 1.69. The quantitative estimate of drug-likeness (QED) is 0.725. The molecule has 1 N–H and O–H groups in total. The lowest BCUT2D eigenvalue weighted by atomic mass is 10.2. The minimum Gasteiger partial charge on any atom is -0.378 e. The van der Waals surface area contributed by atoms with Crippen LogP contribution in [0.15, 0.2) is 54.2 Å². The van der Waals surface area contributed by atoms with Crippen molar-refractivity contribution in [1.29, 1.82) is 0 Å². The molecule has 4 rings (SSSR count). The summed E-state index contributed by atoms with van der Waals surface area (Å²) in [5, 5.41) is 6.68. The molecule has 0 bridgehead atoms. The van der Waals surface area contributed by atoms with Crippen molar-refractivity contribution in [3.63, 3.8) is 0 Å². The van der Waals surface area contributed by atoms with E-state index in [2.05, 4.69) is 44.8 Å². The highest BCUT2D eigenvalue weighted by Gasteiger charge is 2.10. The zero-order valence-corrected chi connectivity index (χ0v) is 15.4. The number of anilines is 1. The van der Waals surface area contributed by atoms with Gasteiger partial charge in [0.25, 0.3) is 0 Å². The Bertz CT molecular complexity index is 813. The summed E-state index contributed by atoms with van der Waals surface area (Å²) in [5.74, 6) is 0. The largest absolute Gasteiger partial charge is 0.378 e. The molecular weight excluding hydrogens is 344 g/mol. The van der Waals surface area contributed by atoms with E-state index in [1.807, 2.05) is 12.1 Å². The molecule has 0 saturated carbocycles. The number of nitrogens with one attached hydrogen (secondary N) is 1. The number of pyridine rings is 1. The van der Waals surface area contributed by atoms with Crippen LogP contribution in [0.25, 0.3) is 11.3 Å². The number of hydrogen-bond donors (Lipinski definition) is 1. The number of benzene rings is 1. The van der Waals surface area contributed by atoms with Gasteiger partial charge in [-0.05, 0) is 29.8 Å². The number of rotatable bonds is 6. The molecule has 3 heterocycles. The second-order valence-corrected chi connectivity index (χ2v) is 7.17. The molecule has 1 aromatic carbocycles. The number of nitrogens with zero attached hydrogens (tertiary/aromatic N) is 3. The Morgan fingerprint density at radius 3 is 2.54 bits per heavy atom. The molecule has 1 fully saturated rings. The molecule has 0 aliphatic carbocycles. The van der Waals surface area contributed by atoms with Crippen molar-refractivity contribution in [2.45, 2.75) is 13.1 Å². The van der Waals surface area contributed by atoms with E-state index in [4.69, 9.17) is 9.72 Å². The van der Waals surface area contributed by atoms with Gasteiger partial charge in [0.05, 0.1) is 18.9 Å². The van der Waals surface area contributed by atoms with Crippen molar-refractivity contribution in [3.05, 3.63) is 64.7 Å². The smallest absolute Gasteiger partial charge is 0.107 e. The Morgan fingerprint density at radius 1 is 1.00 bits per heavy atom. The third-order valence-electron chi connectivity index (χ3n) is 4.45. The van der Waals surface area contributed by atoms with Crippen LogP contribution in [0.4, 0.5) is 5.69 Å². The Hall–Kier alpha value is -2.28. The maximum absolute atomic E-state index is 5.41. The highest BCUT2D eigenvalue weighted by molar-refractivity contribution is 7.09. The van der Waals surface area contributed by atoms with Gasteiger partial charge in [0.2, 0.25) is 0 Å². The summed E-state index contributed by atoms with van der Waals surface area (Å²) in [6.07, 6.45) is 3.60. The fourth-order valence-corrected chi connectivity index (χ4v) is 3.78. The average Bonchev–Trinajstić information content (AvgIpc) is 3.19.